The molecule has 0 radical (unpaired) electrons. The number of carbonyl (C=O) groups is 1. The zero-order valence-corrected chi connectivity index (χ0v) is 13.1. The molecule has 0 saturated heterocycles. The molecule has 0 rings (SSSR count). The Bertz CT molecular complexity index is 228. The van der Waals surface area contributed by atoms with Crippen molar-refractivity contribution in [1.82, 2.24) is 0 Å². The van der Waals surface area contributed by atoms with Crippen molar-refractivity contribution in [1.29, 1.82) is 0 Å². The summed E-state index contributed by atoms with van der Waals surface area (Å²) in [4.78, 5) is 11.4. The van der Waals surface area contributed by atoms with Gasteiger partial charge in [0.1, 0.15) is 6.10 Å². The second kappa shape index (κ2) is 11.2. The van der Waals surface area contributed by atoms with Crippen LogP contribution in [-0.4, -0.2) is 38.0 Å². The van der Waals surface area contributed by atoms with Crippen molar-refractivity contribution < 1.29 is 19.0 Å². The monoisotopic (exact) mass is 274 g/mol. The lowest BCUT2D eigenvalue weighted by atomic mass is 10.2. The Morgan fingerprint density at radius 1 is 1.00 bits per heavy atom. The molecule has 0 bridgehead atoms. The molecule has 4 nitrogen and oxygen atoms in total. The van der Waals surface area contributed by atoms with Crippen molar-refractivity contribution in [2.75, 3.05) is 19.8 Å². The summed E-state index contributed by atoms with van der Waals surface area (Å²) in [6.07, 6.45) is 2.26. The van der Waals surface area contributed by atoms with Crippen LogP contribution in [0, 0.1) is 5.92 Å². The number of rotatable bonds is 11. The van der Waals surface area contributed by atoms with Gasteiger partial charge < -0.3 is 14.2 Å². The van der Waals surface area contributed by atoms with Crippen LogP contribution in [0.2, 0.25) is 0 Å². The number of esters is 1. The molecule has 0 aliphatic carbocycles. The number of hydrogen-bond acceptors (Lipinski definition) is 4. The van der Waals surface area contributed by atoms with Gasteiger partial charge in [-0.2, -0.15) is 0 Å². The average Bonchev–Trinajstić information content (AvgIpc) is 2.33. The summed E-state index contributed by atoms with van der Waals surface area (Å²) in [5.41, 5.74) is 0. The zero-order chi connectivity index (χ0) is 14.7. The summed E-state index contributed by atoms with van der Waals surface area (Å²) in [7, 11) is 0. The Balaban J connectivity index is 3.56. The van der Waals surface area contributed by atoms with Crippen molar-refractivity contribution in [2.24, 2.45) is 5.92 Å². The lowest BCUT2D eigenvalue weighted by molar-refractivity contribution is -0.151. The minimum atomic E-state index is -0.193. The van der Waals surface area contributed by atoms with E-state index in [0.29, 0.717) is 25.6 Å². The largest absolute Gasteiger partial charge is 0.460 e. The molecule has 0 fully saturated rings. The summed E-state index contributed by atoms with van der Waals surface area (Å²) in [5, 5.41) is 0. The van der Waals surface area contributed by atoms with Crippen LogP contribution >= 0.6 is 0 Å². The molecule has 0 saturated carbocycles. The van der Waals surface area contributed by atoms with Crippen LogP contribution in [0.1, 0.15) is 53.9 Å². The second-order valence-corrected chi connectivity index (χ2v) is 5.48. The highest BCUT2D eigenvalue weighted by Gasteiger charge is 2.10. The SMILES string of the molecule is CCCCC(=O)OC(C)COCC(C)OCC(C)C. The lowest BCUT2D eigenvalue weighted by Crippen LogP contribution is -2.24. The molecular formula is C15H30O4. The number of carbonyl (C=O) groups excluding carboxylic acids is 1. The van der Waals surface area contributed by atoms with Crippen molar-refractivity contribution >= 4 is 5.97 Å². The Morgan fingerprint density at radius 3 is 2.21 bits per heavy atom. The van der Waals surface area contributed by atoms with E-state index in [0.717, 1.165) is 19.4 Å². The highest BCUT2D eigenvalue weighted by atomic mass is 16.6. The van der Waals surface area contributed by atoms with Gasteiger partial charge in [0.2, 0.25) is 0 Å². The number of unbranched alkanes of at least 4 members (excludes halogenated alkanes) is 1. The molecule has 0 aliphatic heterocycles. The van der Waals surface area contributed by atoms with Gasteiger partial charge in [-0.25, -0.2) is 0 Å². The molecule has 114 valence electrons. The van der Waals surface area contributed by atoms with Gasteiger partial charge in [-0.1, -0.05) is 27.2 Å². The van der Waals surface area contributed by atoms with E-state index < -0.39 is 0 Å². The van der Waals surface area contributed by atoms with Crippen LogP contribution in [0.5, 0.6) is 0 Å². The Kier molecular flexibility index (Phi) is 10.9. The highest BCUT2D eigenvalue weighted by Crippen LogP contribution is 2.02. The van der Waals surface area contributed by atoms with Crippen LogP contribution < -0.4 is 0 Å². The van der Waals surface area contributed by atoms with Crippen LogP contribution in [0.3, 0.4) is 0 Å². The summed E-state index contributed by atoms with van der Waals surface area (Å²) >= 11 is 0. The molecule has 0 spiro atoms. The maximum Gasteiger partial charge on any atom is 0.306 e. The lowest BCUT2D eigenvalue weighted by Gasteiger charge is -2.17. The van der Waals surface area contributed by atoms with Crippen LogP contribution in [-0.2, 0) is 19.0 Å². The van der Waals surface area contributed by atoms with E-state index in [1.165, 1.54) is 0 Å². The molecule has 19 heavy (non-hydrogen) atoms. The van der Waals surface area contributed by atoms with Crippen molar-refractivity contribution in [2.45, 2.75) is 66.1 Å². The quantitative estimate of drug-likeness (QED) is 0.543. The first-order chi connectivity index (χ1) is 8.95. The standard InChI is InChI=1S/C15H30O4/c1-6-7-8-15(16)19-14(5)11-17-10-13(4)18-9-12(2)3/h12-14H,6-11H2,1-5H3. The van der Waals surface area contributed by atoms with Gasteiger partial charge in [0.15, 0.2) is 0 Å². The minimum absolute atomic E-state index is 0.0744. The van der Waals surface area contributed by atoms with E-state index in [-0.39, 0.29) is 18.2 Å². The van der Waals surface area contributed by atoms with Gasteiger partial charge in [0.05, 0.1) is 19.3 Å². The molecule has 4 heteroatoms. The normalized spacial score (nSPS) is 14.4. The van der Waals surface area contributed by atoms with Gasteiger partial charge in [-0.15, -0.1) is 0 Å². The second-order valence-electron chi connectivity index (χ2n) is 5.48. The van der Waals surface area contributed by atoms with E-state index in [4.69, 9.17) is 14.2 Å². The summed E-state index contributed by atoms with van der Waals surface area (Å²) in [6, 6.07) is 0. The van der Waals surface area contributed by atoms with E-state index in [9.17, 15) is 4.79 Å². The van der Waals surface area contributed by atoms with Gasteiger partial charge in [-0.05, 0) is 26.2 Å². The van der Waals surface area contributed by atoms with Gasteiger partial charge >= 0.3 is 5.97 Å². The summed E-state index contributed by atoms with van der Waals surface area (Å²) in [6.45, 7) is 11.8. The molecule has 0 aliphatic rings. The van der Waals surface area contributed by atoms with E-state index >= 15 is 0 Å². The predicted octanol–water partition coefficient (Wildman–Crippen LogP) is 3.19. The summed E-state index contributed by atoms with van der Waals surface area (Å²) in [5.74, 6) is 0.392. The molecular weight excluding hydrogens is 244 g/mol. The molecule has 0 aromatic heterocycles. The fourth-order valence-corrected chi connectivity index (χ4v) is 1.44. The fourth-order valence-electron chi connectivity index (χ4n) is 1.44. The highest BCUT2D eigenvalue weighted by molar-refractivity contribution is 5.69. The van der Waals surface area contributed by atoms with E-state index in [2.05, 4.69) is 20.8 Å². The molecule has 0 amide bonds. The Morgan fingerprint density at radius 2 is 1.63 bits per heavy atom. The Labute approximate surface area is 117 Å². The van der Waals surface area contributed by atoms with Gasteiger partial charge in [0.25, 0.3) is 0 Å². The first-order valence-corrected chi connectivity index (χ1v) is 7.34. The third kappa shape index (κ3) is 12.2. The maximum absolute atomic E-state index is 11.4. The molecule has 0 heterocycles. The minimum Gasteiger partial charge on any atom is -0.460 e. The first kappa shape index (κ1) is 18.4. The van der Waals surface area contributed by atoms with Crippen LogP contribution in [0.25, 0.3) is 0 Å². The predicted molar refractivity (Wildman–Crippen MR) is 76.2 cm³/mol. The van der Waals surface area contributed by atoms with Crippen molar-refractivity contribution in [3.05, 3.63) is 0 Å². The fraction of sp³-hybridized carbons (Fsp3) is 0.933. The molecule has 2 atom stereocenters. The van der Waals surface area contributed by atoms with Gasteiger partial charge in [0, 0.05) is 13.0 Å². The molecule has 0 N–H and O–H groups in total. The molecule has 2 unspecified atom stereocenters. The Hall–Kier alpha value is -0.610. The van der Waals surface area contributed by atoms with Crippen molar-refractivity contribution in [3.63, 3.8) is 0 Å². The number of hydrogen-bond donors (Lipinski definition) is 0. The van der Waals surface area contributed by atoms with Crippen LogP contribution in [0.15, 0.2) is 0 Å². The summed E-state index contributed by atoms with van der Waals surface area (Å²) < 4.78 is 16.3. The van der Waals surface area contributed by atoms with E-state index in [1.54, 1.807) is 0 Å². The third-order valence-electron chi connectivity index (χ3n) is 2.49. The molecule has 0 aromatic rings. The van der Waals surface area contributed by atoms with Crippen molar-refractivity contribution in [3.8, 4) is 0 Å². The first-order valence-electron chi connectivity index (χ1n) is 7.34. The smallest absolute Gasteiger partial charge is 0.306 e. The van der Waals surface area contributed by atoms with Crippen LogP contribution in [0.4, 0.5) is 0 Å². The average molecular weight is 274 g/mol. The topological polar surface area (TPSA) is 44.8 Å². The van der Waals surface area contributed by atoms with E-state index in [1.807, 2.05) is 13.8 Å². The third-order valence-corrected chi connectivity index (χ3v) is 2.49. The molecule has 0 aromatic carbocycles. The number of ether oxygens (including phenoxy) is 3. The van der Waals surface area contributed by atoms with Gasteiger partial charge in [-0.3, -0.25) is 4.79 Å². The maximum atomic E-state index is 11.4. The zero-order valence-electron chi connectivity index (χ0n) is 13.1.